The van der Waals surface area contributed by atoms with Gasteiger partial charge in [-0.3, -0.25) is 10.1 Å². The lowest BCUT2D eigenvalue weighted by atomic mass is 10.2. The van der Waals surface area contributed by atoms with Crippen molar-refractivity contribution in [3.05, 3.63) is 33.9 Å². The second-order valence-corrected chi connectivity index (χ2v) is 5.71. The van der Waals surface area contributed by atoms with Crippen molar-refractivity contribution in [1.82, 2.24) is 0 Å². The first-order valence-electron chi connectivity index (χ1n) is 4.56. The molecule has 1 rings (SSSR count). The van der Waals surface area contributed by atoms with Crippen LogP contribution in [0.4, 0.5) is 5.69 Å². The monoisotopic (exact) mass is 289 g/mol. The lowest BCUT2D eigenvalue weighted by Gasteiger charge is -1.98. The average molecular weight is 290 g/mol. The molecule has 0 saturated heterocycles. The predicted molar refractivity (Wildman–Crippen MR) is 64.9 cm³/mol. The molecule has 18 heavy (non-hydrogen) atoms. The fourth-order valence-electron chi connectivity index (χ4n) is 1.11. The SMILES string of the molecule is COCC#Cc1cc([N+](=O)[O-])cc(S(=O)(=O)Cl)c1. The van der Waals surface area contributed by atoms with E-state index >= 15 is 0 Å². The van der Waals surface area contributed by atoms with E-state index in [-0.39, 0.29) is 17.1 Å². The smallest absolute Gasteiger partial charge is 0.272 e. The molecule has 0 aliphatic rings. The normalized spacial score (nSPS) is 10.6. The first kappa shape index (κ1) is 14.4. The van der Waals surface area contributed by atoms with E-state index in [0.717, 1.165) is 18.2 Å². The van der Waals surface area contributed by atoms with Gasteiger partial charge in [-0.25, -0.2) is 8.42 Å². The molecule has 96 valence electrons. The van der Waals surface area contributed by atoms with Crippen LogP contribution in [0, 0.1) is 22.0 Å². The van der Waals surface area contributed by atoms with Gasteiger partial charge in [0.15, 0.2) is 0 Å². The molecule has 0 fully saturated rings. The van der Waals surface area contributed by atoms with Crippen LogP contribution in [0.5, 0.6) is 0 Å². The summed E-state index contributed by atoms with van der Waals surface area (Å²) >= 11 is 0. The van der Waals surface area contributed by atoms with Crippen LogP contribution in [0.25, 0.3) is 0 Å². The Morgan fingerprint density at radius 1 is 1.44 bits per heavy atom. The third kappa shape index (κ3) is 4.00. The van der Waals surface area contributed by atoms with Crippen molar-refractivity contribution in [2.45, 2.75) is 4.90 Å². The molecule has 6 nitrogen and oxygen atoms in total. The minimum Gasteiger partial charge on any atom is -0.372 e. The number of hydrogen-bond donors (Lipinski definition) is 0. The van der Waals surface area contributed by atoms with Gasteiger partial charge in [0.2, 0.25) is 0 Å². The fraction of sp³-hybridized carbons (Fsp3) is 0.200. The number of nitro groups is 1. The standard InChI is InChI=1S/C10H8ClNO5S/c1-17-4-2-3-8-5-9(12(13)14)7-10(6-8)18(11,15)16/h5-7H,4H2,1H3. The third-order valence-corrected chi connectivity index (χ3v) is 3.17. The number of halogens is 1. The first-order valence-corrected chi connectivity index (χ1v) is 6.87. The van der Waals surface area contributed by atoms with Crippen molar-refractivity contribution in [2.75, 3.05) is 13.7 Å². The molecule has 0 heterocycles. The molecule has 0 aromatic heterocycles. The zero-order valence-corrected chi connectivity index (χ0v) is 10.8. The maximum absolute atomic E-state index is 11.2. The molecule has 0 spiro atoms. The Morgan fingerprint density at radius 2 is 2.11 bits per heavy atom. The molecule has 0 bridgehead atoms. The molecule has 0 N–H and O–H groups in total. The molecule has 0 saturated carbocycles. The zero-order chi connectivity index (χ0) is 13.8. The summed E-state index contributed by atoms with van der Waals surface area (Å²) in [6.45, 7) is 0.131. The molecule has 8 heteroatoms. The van der Waals surface area contributed by atoms with Gasteiger partial charge in [0.05, 0.1) is 9.82 Å². The number of benzene rings is 1. The molecular weight excluding hydrogens is 282 g/mol. The van der Waals surface area contributed by atoms with Crippen LogP contribution in [0.1, 0.15) is 5.56 Å². The van der Waals surface area contributed by atoms with Crippen LogP contribution in [0.2, 0.25) is 0 Å². The van der Waals surface area contributed by atoms with Crippen molar-refractivity contribution in [2.24, 2.45) is 0 Å². The van der Waals surface area contributed by atoms with Gasteiger partial charge in [-0.1, -0.05) is 11.8 Å². The van der Waals surface area contributed by atoms with E-state index in [9.17, 15) is 18.5 Å². The highest BCUT2D eigenvalue weighted by Gasteiger charge is 2.16. The Bertz CT molecular complexity index is 629. The van der Waals surface area contributed by atoms with Crippen LogP contribution in [0.15, 0.2) is 23.1 Å². The Morgan fingerprint density at radius 3 is 2.61 bits per heavy atom. The maximum atomic E-state index is 11.2. The molecule has 0 aliphatic heterocycles. The topological polar surface area (TPSA) is 86.5 Å². The molecule has 1 aromatic carbocycles. The van der Waals surface area contributed by atoms with Gasteiger partial charge >= 0.3 is 0 Å². The van der Waals surface area contributed by atoms with Gasteiger partial charge in [0.25, 0.3) is 14.7 Å². The minimum absolute atomic E-state index is 0.131. The van der Waals surface area contributed by atoms with E-state index in [4.69, 9.17) is 10.7 Å². The summed E-state index contributed by atoms with van der Waals surface area (Å²) in [4.78, 5) is 9.58. The number of hydrogen-bond acceptors (Lipinski definition) is 5. The maximum Gasteiger partial charge on any atom is 0.272 e. The largest absolute Gasteiger partial charge is 0.372 e. The summed E-state index contributed by atoms with van der Waals surface area (Å²) in [5.41, 5.74) is -0.209. The van der Waals surface area contributed by atoms with Crippen LogP contribution < -0.4 is 0 Å². The van der Waals surface area contributed by atoms with E-state index in [1.807, 2.05) is 0 Å². The summed E-state index contributed by atoms with van der Waals surface area (Å²) in [5.74, 6) is 5.11. The van der Waals surface area contributed by atoms with Gasteiger partial charge in [-0.2, -0.15) is 0 Å². The number of rotatable bonds is 3. The number of nitro benzene ring substituents is 1. The number of methoxy groups -OCH3 is 1. The number of non-ortho nitro benzene ring substituents is 1. The number of ether oxygens (including phenoxy) is 1. The fourth-order valence-corrected chi connectivity index (χ4v) is 1.91. The summed E-state index contributed by atoms with van der Waals surface area (Å²) in [7, 11) is 2.54. The molecule has 0 aliphatic carbocycles. The van der Waals surface area contributed by atoms with Gasteiger partial charge < -0.3 is 4.74 Å². The van der Waals surface area contributed by atoms with Gasteiger partial charge in [-0.15, -0.1) is 0 Å². The van der Waals surface area contributed by atoms with Gasteiger partial charge in [0.1, 0.15) is 6.61 Å². The van der Waals surface area contributed by atoms with E-state index in [1.165, 1.54) is 7.11 Å². The summed E-state index contributed by atoms with van der Waals surface area (Å²) in [6, 6.07) is 3.20. The highest BCUT2D eigenvalue weighted by atomic mass is 35.7. The second kappa shape index (κ2) is 5.82. The van der Waals surface area contributed by atoms with Crippen LogP contribution in [0.3, 0.4) is 0 Å². The van der Waals surface area contributed by atoms with E-state index in [1.54, 1.807) is 0 Å². The van der Waals surface area contributed by atoms with Gasteiger partial charge in [-0.05, 0) is 6.07 Å². The Kier molecular flexibility index (Phi) is 4.67. The summed E-state index contributed by atoms with van der Waals surface area (Å²) < 4.78 is 27.0. The van der Waals surface area contributed by atoms with Crippen molar-refractivity contribution in [3.63, 3.8) is 0 Å². The summed E-state index contributed by atoms with van der Waals surface area (Å²) in [5, 5.41) is 10.7. The second-order valence-electron chi connectivity index (χ2n) is 3.15. The molecular formula is C10H8ClNO5S. The molecule has 1 aromatic rings. The highest BCUT2D eigenvalue weighted by molar-refractivity contribution is 8.13. The van der Waals surface area contributed by atoms with Crippen LogP contribution in [-0.4, -0.2) is 27.1 Å². The Balaban J connectivity index is 3.33. The third-order valence-electron chi connectivity index (χ3n) is 1.83. The molecule has 0 unspecified atom stereocenters. The van der Waals surface area contributed by atoms with Crippen molar-refractivity contribution in [3.8, 4) is 11.8 Å². The van der Waals surface area contributed by atoms with E-state index in [0.29, 0.717) is 0 Å². The highest BCUT2D eigenvalue weighted by Crippen LogP contribution is 2.22. The van der Waals surface area contributed by atoms with E-state index < -0.39 is 19.7 Å². The Hall–Kier alpha value is -1.62. The summed E-state index contributed by atoms with van der Waals surface area (Å²) in [6.07, 6.45) is 0. The van der Waals surface area contributed by atoms with Crippen molar-refractivity contribution in [1.29, 1.82) is 0 Å². The average Bonchev–Trinajstić information content (AvgIpc) is 2.28. The van der Waals surface area contributed by atoms with Crippen molar-refractivity contribution >= 4 is 25.4 Å². The van der Waals surface area contributed by atoms with Gasteiger partial charge in [0, 0.05) is 35.5 Å². The molecule has 0 amide bonds. The van der Waals surface area contributed by atoms with Crippen molar-refractivity contribution < 1.29 is 18.1 Å². The lowest BCUT2D eigenvalue weighted by Crippen LogP contribution is -1.96. The minimum atomic E-state index is -4.04. The lowest BCUT2D eigenvalue weighted by molar-refractivity contribution is -0.385. The zero-order valence-electron chi connectivity index (χ0n) is 9.21. The van der Waals surface area contributed by atoms with Crippen LogP contribution >= 0.6 is 10.7 Å². The first-order chi connectivity index (χ1) is 8.34. The molecule has 0 radical (unpaired) electrons. The molecule has 0 atom stereocenters. The Labute approximate surface area is 108 Å². The quantitative estimate of drug-likeness (QED) is 0.364. The van der Waals surface area contributed by atoms with E-state index in [2.05, 4.69) is 16.6 Å². The van der Waals surface area contributed by atoms with Crippen LogP contribution in [-0.2, 0) is 13.8 Å². The predicted octanol–water partition coefficient (Wildman–Crippen LogP) is 1.52. The number of nitrogens with zero attached hydrogens (tertiary/aromatic N) is 1.